The zero-order chi connectivity index (χ0) is 18.3. The lowest BCUT2D eigenvalue weighted by Gasteiger charge is -2.24. The van der Waals surface area contributed by atoms with Crippen LogP contribution in [0.3, 0.4) is 0 Å². The van der Waals surface area contributed by atoms with Crippen molar-refractivity contribution in [2.45, 2.75) is 77.9 Å². The van der Waals surface area contributed by atoms with Crippen LogP contribution >= 0.6 is 0 Å². The average molecular weight is 347 g/mol. The molecule has 1 aromatic carbocycles. The first kappa shape index (κ1) is 19.6. The molecule has 140 valence electrons. The number of amides is 1. The van der Waals surface area contributed by atoms with E-state index in [0.29, 0.717) is 18.5 Å². The van der Waals surface area contributed by atoms with Gasteiger partial charge in [0, 0.05) is 18.3 Å². The van der Waals surface area contributed by atoms with Crippen LogP contribution in [0.5, 0.6) is 0 Å². The van der Waals surface area contributed by atoms with Gasteiger partial charge in [0.1, 0.15) is 5.60 Å². The molecule has 2 N–H and O–H groups in total. The summed E-state index contributed by atoms with van der Waals surface area (Å²) in [6.45, 7) is 8.55. The van der Waals surface area contributed by atoms with Gasteiger partial charge in [-0.2, -0.15) is 0 Å². The third kappa shape index (κ3) is 6.97. The number of hydrogen-bond acceptors (Lipinski definition) is 3. The molecule has 25 heavy (non-hydrogen) atoms. The summed E-state index contributed by atoms with van der Waals surface area (Å²) in [6, 6.07) is 9.22. The fourth-order valence-electron chi connectivity index (χ4n) is 3.36. The Kier molecular flexibility index (Phi) is 7.15. The third-order valence-corrected chi connectivity index (χ3v) is 4.69. The molecule has 1 fully saturated rings. The van der Waals surface area contributed by atoms with Gasteiger partial charge in [-0.3, -0.25) is 0 Å². The maximum absolute atomic E-state index is 11.9. The van der Waals surface area contributed by atoms with Crippen molar-refractivity contribution >= 4 is 11.8 Å². The van der Waals surface area contributed by atoms with Crippen LogP contribution in [0.2, 0.25) is 0 Å². The van der Waals surface area contributed by atoms with Gasteiger partial charge in [0.15, 0.2) is 0 Å². The molecule has 0 bridgehead atoms. The van der Waals surface area contributed by atoms with E-state index in [1.165, 1.54) is 30.5 Å². The topological polar surface area (TPSA) is 50.4 Å². The van der Waals surface area contributed by atoms with Crippen molar-refractivity contribution in [3.05, 3.63) is 29.8 Å². The van der Waals surface area contributed by atoms with Crippen LogP contribution in [0.4, 0.5) is 10.5 Å². The first-order valence-electron chi connectivity index (χ1n) is 9.69. The quantitative estimate of drug-likeness (QED) is 0.719. The van der Waals surface area contributed by atoms with Crippen LogP contribution in [0, 0.1) is 5.92 Å². The fourth-order valence-corrected chi connectivity index (χ4v) is 3.36. The minimum Gasteiger partial charge on any atom is -0.444 e. The summed E-state index contributed by atoms with van der Waals surface area (Å²) in [5, 5.41) is 6.58. The highest BCUT2D eigenvalue weighted by atomic mass is 16.6. The lowest BCUT2D eigenvalue weighted by Crippen LogP contribution is -2.38. The lowest BCUT2D eigenvalue weighted by molar-refractivity contribution is 0.0519. The van der Waals surface area contributed by atoms with Gasteiger partial charge in [-0.05, 0) is 70.1 Å². The normalized spacial score (nSPS) is 20.3. The summed E-state index contributed by atoms with van der Waals surface area (Å²) < 4.78 is 5.33. The van der Waals surface area contributed by atoms with Crippen LogP contribution in [0.15, 0.2) is 24.3 Å². The van der Waals surface area contributed by atoms with Crippen molar-refractivity contribution in [2.24, 2.45) is 5.92 Å². The molecule has 4 nitrogen and oxygen atoms in total. The van der Waals surface area contributed by atoms with Gasteiger partial charge in [-0.1, -0.05) is 31.9 Å². The standard InChI is InChI=1S/C21H34N2O2/c1-5-6-8-16-11-13-18(14-12-16)23-19-10-7-9-17(19)15-22-20(24)25-21(2,3)4/h11-14,17,19,23H,5-10,15H2,1-4H3,(H,22,24). The second-order valence-electron chi connectivity index (χ2n) is 8.13. The molecule has 2 atom stereocenters. The van der Waals surface area contributed by atoms with E-state index < -0.39 is 5.60 Å². The maximum atomic E-state index is 11.9. The molecule has 2 rings (SSSR count). The minimum atomic E-state index is -0.447. The van der Waals surface area contributed by atoms with Gasteiger partial charge in [0.25, 0.3) is 0 Å². The summed E-state index contributed by atoms with van der Waals surface area (Å²) in [5.41, 5.74) is 2.13. The summed E-state index contributed by atoms with van der Waals surface area (Å²) >= 11 is 0. The first-order valence-corrected chi connectivity index (χ1v) is 9.69. The largest absolute Gasteiger partial charge is 0.444 e. The molecule has 4 heteroatoms. The number of alkyl carbamates (subject to hydrolysis) is 1. The van der Waals surface area contributed by atoms with Crippen LogP contribution in [-0.4, -0.2) is 24.3 Å². The van der Waals surface area contributed by atoms with Crippen LogP contribution in [-0.2, 0) is 11.2 Å². The van der Waals surface area contributed by atoms with E-state index in [-0.39, 0.29) is 6.09 Å². The fraction of sp³-hybridized carbons (Fsp3) is 0.667. The number of aryl methyl sites for hydroxylation is 1. The number of carbonyl (C=O) groups is 1. The number of anilines is 1. The summed E-state index contributed by atoms with van der Waals surface area (Å²) in [7, 11) is 0. The molecule has 2 unspecified atom stereocenters. The molecule has 0 heterocycles. The SMILES string of the molecule is CCCCc1ccc(NC2CCCC2CNC(=O)OC(C)(C)C)cc1. The molecule has 1 saturated carbocycles. The van der Waals surface area contributed by atoms with E-state index >= 15 is 0 Å². The van der Waals surface area contributed by atoms with E-state index in [9.17, 15) is 4.79 Å². The predicted octanol–water partition coefficient (Wildman–Crippen LogP) is 5.13. The molecule has 0 radical (unpaired) electrons. The minimum absolute atomic E-state index is 0.321. The number of rotatable bonds is 7. The molecule has 0 aliphatic heterocycles. The molecular formula is C21H34N2O2. The van der Waals surface area contributed by atoms with Gasteiger partial charge < -0.3 is 15.4 Å². The van der Waals surface area contributed by atoms with E-state index in [2.05, 4.69) is 41.8 Å². The number of ether oxygens (including phenoxy) is 1. The number of hydrogen-bond donors (Lipinski definition) is 2. The molecule has 1 aromatic rings. The van der Waals surface area contributed by atoms with Gasteiger partial charge in [0.2, 0.25) is 0 Å². The van der Waals surface area contributed by atoms with Crippen molar-refractivity contribution in [1.29, 1.82) is 0 Å². The number of carbonyl (C=O) groups excluding carboxylic acids is 1. The van der Waals surface area contributed by atoms with E-state index in [1.54, 1.807) is 0 Å². The molecule has 0 saturated heterocycles. The van der Waals surface area contributed by atoms with Crippen molar-refractivity contribution in [2.75, 3.05) is 11.9 Å². The van der Waals surface area contributed by atoms with Crippen molar-refractivity contribution in [3.63, 3.8) is 0 Å². The maximum Gasteiger partial charge on any atom is 0.407 e. The molecule has 0 spiro atoms. The Bertz CT molecular complexity index is 534. The van der Waals surface area contributed by atoms with Gasteiger partial charge in [-0.15, -0.1) is 0 Å². The van der Waals surface area contributed by atoms with E-state index in [0.717, 1.165) is 19.3 Å². The molecule has 1 amide bonds. The van der Waals surface area contributed by atoms with Crippen molar-refractivity contribution in [1.82, 2.24) is 5.32 Å². The van der Waals surface area contributed by atoms with Crippen LogP contribution in [0.1, 0.15) is 65.4 Å². The second-order valence-corrected chi connectivity index (χ2v) is 8.13. The Morgan fingerprint density at radius 3 is 2.56 bits per heavy atom. The third-order valence-electron chi connectivity index (χ3n) is 4.69. The Balaban J connectivity index is 1.81. The van der Waals surface area contributed by atoms with E-state index in [1.807, 2.05) is 20.8 Å². The number of benzene rings is 1. The van der Waals surface area contributed by atoms with Gasteiger partial charge in [0.05, 0.1) is 0 Å². The lowest BCUT2D eigenvalue weighted by atomic mass is 10.0. The average Bonchev–Trinajstić information content (AvgIpc) is 2.98. The number of nitrogens with one attached hydrogen (secondary N) is 2. The smallest absolute Gasteiger partial charge is 0.407 e. The van der Waals surface area contributed by atoms with Gasteiger partial charge in [-0.25, -0.2) is 4.79 Å². The Morgan fingerprint density at radius 1 is 1.20 bits per heavy atom. The second kappa shape index (κ2) is 9.12. The Morgan fingerprint density at radius 2 is 1.92 bits per heavy atom. The van der Waals surface area contributed by atoms with Crippen molar-refractivity contribution in [3.8, 4) is 0 Å². The van der Waals surface area contributed by atoms with Crippen molar-refractivity contribution < 1.29 is 9.53 Å². The highest BCUT2D eigenvalue weighted by molar-refractivity contribution is 5.67. The Hall–Kier alpha value is -1.71. The van der Waals surface area contributed by atoms with Crippen LogP contribution in [0.25, 0.3) is 0 Å². The number of unbranched alkanes of at least 4 members (excludes halogenated alkanes) is 1. The predicted molar refractivity (Wildman–Crippen MR) is 104 cm³/mol. The van der Waals surface area contributed by atoms with E-state index in [4.69, 9.17) is 4.74 Å². The summed E-state index contributed by atoms with van der Waals surface area (Å²) in [6.07, 6.45) is 6.80. The molecule has 1 aliphatic carbocycles. The zero-order valence-corrected chi connectivity index (χ0v) is 16.2. The summed E-state index contributed by atoms with van der Waals surface area (Å²) in [4.78, 5) is 11.9. The monoisotopic (exact) mass is 346 g/mol. The Labute approximate surface area is 152 Å². The first-order chi connectivity index (χ1) is 11.9. The molecule has 0 aromatic heterocycles. The highest BCUT2D eigenvalue weighted by Gasteiger charge is 2.28. The highest BCUT2D eigenvalue weighted by Crippen LogP contribution is 2.28. The van der Waals surface area contributed by atoms with Gasteiger partial charge >= 0.3 is 6.09 Å². The zero-order valence-electron chi connectivity index (χ0n) is 16.2. The van der Waals surface area contributed by atoms with Crippen LogP contribution < -0.4 is 10.6 Å². The summed E-state index contributed by atoms with van der Waals surface area (Å²) in [5.74, 6) is 0.451. The molecule has 1 aliphatic rings. The molecular weight excluding hydrogens is 312 g/mol.